The van der Waals surface area contributed by atoms with Gasteiger partial charge in [-0.1, -0.05) is 11.6 Å². The molecule has 2 aliphatic rings. The SMILES string of the molecule is CN1CCCC1CN=C(N)N1CCN(c2ccc(Cl)cc2)CC1.I. The first-order valence-electron chi connectivity index (χ1n) is 8.39. The van der Waals surface area contributed by atoms with Crippen molar-refractivity contribution in [3.05, 3.63) is 29.3 Å². The Bertz CT molecular complexity index is 542. The number of hydrogen-bond acceptors (Lipinski definition) is 3. The lowest BCUT2D eigenvalue weighted by molar-refractivity contribution is 0.315. The lowest BCUT2D eigenvalue weighted by Crippen LogP contribution is -2.51. The van der Waals surface area contributed by atoms with E-state index in [2.05, 4.69) is 38.9 Å². The highest BCUT2D eigenvalue weighted by Gasteiger charge is 2.22. The van der Waals surface area contributed by atoms with Crippen molar-refractivity contribution in [3.8, 4) is 0 Å². The Morgan fingerprint density at radius 2 is 1.83 bits per heavy atom. The van der Waals surface area contributed by atoms with E-state index < -0.39 is 0 Å². The van der Waals surface area contributed by atoms with Crippen LogP contribution in [0.25, 0.3) is 0 Å². The molecule has 5 nitrogen and oxygen atoms in total. The van der Waals surface area contributed by atoms with Gasteiger partial charge >= 0.3 is 0 Å². The van der Waals surface area contributed by atoms with Crippen LogP contribution < -0.4 is 10.6 Å². The van der Waals surface area contributed by atoms with Crippen LogP contribution in [-0.4, -0.2) is 68.1 Å². The van der Waals surface area contributed by atoms with Crippen molar-refractivity contribution in [2.24, 2.45) is 10.7 Å². The summed E-state index contributed by atoms with van der Waals surface area (Å²) in [6.07, 6.45) is 2.51. The number of likely N-dealkylation sites (tertiary alicyclic amines) is 1. The molecule has 2 saturated heterocycles. The van der Waals surface area contributed by atoms with E-state index >= 15 is 0 Å². The van der Waals surface area contributed by atoms with Crippen LogP contribution in [0.5, 0.6) is 0 Å². The van der Waals surface area contributed by atoms with Gasteiger partial charge in [-0.3, -0.25) is 4.99 Å². The molecule has 2 aliphatic heterocycles. The molecule has 1 aromatic rings. The van der Waals surface area contributed by atoms with Crippen LogP contribution in [0.1, 0.15) is 12.8 Å². The molecule has 0 saturated carbocycles. The number of nitrogens with zero attached hydrogens (tertiary/aromatic N) is 4. The van der Waals surface area contributed by atoms with Gasteiger partial charge in [-0.05, 0) is 50.7 Å². The molecule has 134 valence electrons. The second kappa shape index (κ2) is 9.10. The summed E-state index contributed by atoms with van der Waals surface area (Å²) in [6, 6.07) is 8.59. The number of aliphatic imine (C=N–C) groups is 1. The van der Waals surface area contributed by atoms with Crippen LogP contribution in [0.4, 0.5) is 5.69 Å². The highest BCUT2D eigenvalue weighted by atomic mass is 127. The molecule has 0 spiro atoms. The van der Waals surface area contributed by atoms with Crippen LogP contribution in [-0.2, 0) is 0 Å². The van der Waals surface area contributed by atoms with Gasteiger partial charge in [-0.25, -0.2) is 0 Å². The molecule has 1 unspecified atom stereocenters. The third-order valence-electron chi connectivity index (χ3n) is 4.93. The summed E-state index contributed by atoms with van der Waals surface area (Å²) in [5.41, 5.74) is 7.42. The minimum absolute atomic E-state index is 0. The van der Waals surface area contributed by atoms with Crippen molar-refractivity contribution in [1.29, 1.82) is 0 Å². The summed E-state index contributed by atoms with van der Waals surface area (Å²) < 4.78 is 0. The average molecular weight is 464 g/mol. The number of anilines is 1. The van der Waals surface area contributed by atoms with Crippen molar-refractivity contribution in [2.75, 3.05) is 51.2 Å². The number of likely N-dealkylation sites (N-methyl/N-ethyl adjacent to an activating group) is 1. The number of benzene rings is 1. The van der Waals surface area contributed by atoms with Crippen molar-refractivity contribution in [3.63, 3.8) is 0 Å². The molecule has 1 atom stereocenters. The Hall–Kier alpha value is -0.730. The fraction of sp³-hybridized carbons (Fsp3) is 0.588. The molecule has 1 aromatic carbocycles. The van der Waals surface area contributed by atoms with Crippen LogP contribution in [0.3, 0.4) is 0 Å². The average Bonchev–Trinajstić information content (AvgIpc) is 2.99. The molecule has 0 aliphatic carbocycles. The van der Waals surface area contributed by atoms with Crippen molar-refractivity contribution < 1.29 is 0 Å². The number of halogens is 2. The number of piperazine rings is 1. The first-order valence-corrected chi connectivity index (χ1v) is 8.77. The van der Waals surface area contributed by atoms with Crippen molar-refractivity contribution in [2.45, 2.75) is 18.9 Å². The van der Waals surface area contributed by atoms with Gasteiger partial charge in [0.25, 0.3) is 0 Å². The summed E-state index contributed by atoms with van der Waals surface area (Å²) in [7, 11) is 2.17. The zero-order valence-electron chi connectivity index (χ0n) is 14.2. The molecule has 24 heavy (non-hydrogen) atoms. The minimum atomic E-state index is 0. The molecule has 0 radical (unpaired) electrons. The monoisotopic (exact) mass is 463 g/mol. The summed E-state index contributed by atoms with van der Waals surface area (Å²) in [4.78, 5) is 11.6. The molecular formula is C17H27ClIN5. The van der Waals surface area contributed by atoms with Gasteiger partial charge in [0.2, 0.25) is 0 Å². The predicted octanol–water partition coefficient (Wildman–Crippen LogP) is 2.49. The maximum Gasteiger partial charge on any atom is 0.191 e. The first-order chi connectivity index (χ1) is 11.1. The molecule has 3 rings (SSSR count). The van der Waals surface area contributed by atoms with E-state index in [0.717, 1.165) is 37.7 Å². The lowest BCUT2D eigenvalue weighted by atomic mass is 10.2. The molecule has 0 amide bonds. The Morgan fingerprint density at radius 3 is 2.42 bits per heavy atom. The predicted molar refractivity (Wildman–Crippen MR) is 113 cm³/mol. The van der Waals surface area contributed by atoms with Gasteiger partial charge in [0.05, 0.1) is 6.54 Å². The fourth-order valence-electron chi connectivity index (χ4n) is 3.35. The molecule has 7 heteroatoms. The number of nitrogens with two attached hydrogens (primary N) is 1. The molecular weight excluding hydrogens is 437 g/mol. The van der Waals surface area contributed by atoms with E-state index in [1.54, 1.807) is 0 Å². The van der Waals surface area contributed by atoms with E-state index in [-0.39, 0.29) is 24.0 Å². The molecule has 0 aromatic heterocycles. The van der Waals surface area contributed by atoms with Gasteiger partial charge in [0.1, 0.15) is 0 Å². The van der Waals surface area contributed by atoms with E-state index in [9.17, 15) is 0 Å². The van der Waals surface area contributed by atoms with Gasteiger partial charge < -0.3 is 20.4 Å². The highest BCUT2D eigenvalue weighted by Crippen LogP contribution is 2.19. The zero-order valence-corrected chi connectivity index (χ0v) is 17.3. The Labute approximate surface area is 166 Å². The van der Waals surface area contributed by atoms with Crippen LogP contribution in [0.15, 0.2) is 29.3 Å². The second-order valence-electron chi connectivity index (χ2n) is 6.43. The van der Waals surface area contributed by atoms with Crippen LogP contribution in [0, 0.1) is 0 Å². The summed E-state index contributed by atoms with van der Waals surface area (Å²) in [5, 5.41) is 0.778. The third kappa shape index (κ3) is 4.89. The summed E-state index contributed by atoms with van der Waals surface area (Å²) >= 11 is 5.95. The van der Waals surface area contributed by atoms with Gasteiger partial charge in [0, 0.05) is 42.9 Å². The van der Waals surface area contributed by atoms with E-state index in [0.29, 0.717) is 12.0 Å². The highest BCUT2D eigenvalue weighted by molar-refractivity contribution is 14.0. The second-order valence-corrected chi connectivity index (χ2v) is 6.86. The lowest BCUT2D eigenvalue weighted by Gasteiger charge is -2.36. The molecule has 2 heterocycles. The third-order valence-corrected chi connectivity index (χ3v) is 5.18. The quantitative estimate of drug-likeness (QED) is 0.425. The summed E-state index contributed by atoms with van der Waals surface area (Å²) in [6.45, 7) is 5.75. The molecule has 2 N–H and O–H groups in total. The maximum atomic E-state index is 6.20. The molecule has 0 bridgehead atoms. The van der Waals surface area contributed by atoms with E-state index in [1.807, 2.05) is 12.1 Å². The van der Waals surface area contributed by atoms with Crippen molar-refractivity contribution in [1.82, 2.24) is 9.80 Å². The fourth-order valence-corrected chi connectivity index (χ4v) is 3.48. The van der Waals surface area contributed by atoms with E-state index in [1.165, 1.54) is 25.1 Å². The summed E-state index contributed by atoms with van der Waals surface area (Å²) in [5.74, 6) is 0.695. The maximum absolute atomic E-state index is 6.20. The first kappa shape index (κ1) is 19.6. The smallest absolute Gasteiger partial charge is 0.191 e. The van der Waals surface area contributed by atoms with Crippen LogP contribution in [0.2, 0.25) is 5.02 Å². The topological polar surface area (TPSA) is 48.1 Å². The van der Waals surface area contributed by atoms with Crippen LogP contribution >= 0.6 is 35.6 Å². The van der Waals surface area contributed by atoms with Gasteiger partial charge in [-0.15, -0.1) is 24.0 Å². The minimum Gasteiger partial charge on any atom is -0.370 e. The van der Waals surface area contributed by atoms with E-state index in [4.69, 9.17) is 17.3 Å². The van der Waals surface area contributed by atoms with Gasteiger partial charge in [-0.2, -0.15) is 0 Å². The number of guanidine groups is 1. The Kier molecular flexibility index (Phi) is 7.43. The normalized spacial score (nSPS) is 22.6. The largest absolute Gasteiger partial charge is 0.370 e. The van der Waals surface area contributed by atoms with Crippen molar-refractivity contribution >= 4 is 47.2 Å². The number of hydrogen-bond donors (Lipinski definition) is 1. The van der Waals surface area contributed by atoms with Gasteiger partial charge in [0.15, 0.2) is 5.96 Å². The Morgan fingerprint density at radius 1 is 1.17 bits per heavy atom. The molecule has 2 fully saturated rings. The zero-order chi connectivity index (χ0) is 16.2. The number of rotatable bonds is 3. The standard InChI is InChI=1S/C17H26ClN5.HI/c1-21-8-2-3-16(21)13-20-17(19)23-11-9-22(10-12-23)15-6-4-14(18)5-7-15;/h4-7,16H,2-3,8-13H2,1H3,(H2,19,20);1H. The Balaban J connectivity index is 0.00000208.